The molecule has 0 saturated carbocycles. The molecular weight excluding hydrogens is 427 g/mol. The lowest BCUT2D eigenvalue weighted by molar-refractivity contribution is 0.102. The van der Waals surface area contributed by atoms with Gasteiger partial charge in [0.1, 0.15) is 5.75 Å². The van der Waals surface area contributed by atoms with Crippen LogP contribution in [0.1, 0.15) is 23.2 Å². The molecular formula is C18H18Cl2N2O5S. The number of sulfonamides is 1. The number of rotatable bonds is 5. The van der Waals surface area contributed by atoms with Gasteiger partial charge in [-0.2, -0.15) is 4.31 Å². The van der Waals surface area contributed by atoms with Gasteiger partial charge in [-0.1, -0.05) is 23.2 Å². The van der Waals surface area contributed by atoms with Gasteiger partial charge in [0, 0.05) is 18.7 Å². The highest BCUT2D eigenvalue weighted by atomic mass is 35.5. The molecule has 0 unspecified atom stereocenters. The molecule has 1 amide bonds. The molecule has 2 N–H and O–H groups in total. The van der Waals surface area contributed by atoms with Crippen LogP contribution in [0.4, 0.5) is 5.69 Å². The Morgan fingerprint density at radius 2 is 1.75 bits per heavy atom. The van der Waals surface area contributed by atoms with Crippen LogP contribution >= 0.6 is 23.2 Å². The first kappa shape index (κ1) is 20.7. The van der Waals surface area contributed by atoms with Crippen molar-refractivity contribution in [3.63, 3.8) is 0 Å². The number of nitrogens with zero attached hydrogens (tertiary/aromatic N) is 1. The van der Waals surface area contributed by atoms with Gasteiger partial charge >= 0.3 is 0 Å². The topological polar surface area (TPSA) is 95.9 Å². The van der Waals surface area contributed by atoms with Crippen molar-refractivity contribution < 1.29 is 23.1 Å². The van der Waals surface area contributed by atoms with E-state index in [-0.39, 0.29) is 31.9 Å². The molecule has 1 saturated heterocycles. The number of hydrogen-bond donors (Lipinski definition) is 2. The van der Waals surface area contributed by atoms with Gasteiger partial charge in [0.25, 0.3) is 5.91 Å². The Hall–Kier alpha value is -2.00. The van der Waals surface area contributed by atoms with E-state index in [2.05, 4.69) is 5.32 Å². The van der Waals surface area contributed by atoms with Crippen molar-refractivity contribution in [2.45, 2.75) is 17.7 Å². The number of methoxy groups -OCH3 is 1. The molecule has 1 aliphatic heterocycles. The second-order valence-corrected chi connectivity index (χ2v) is 8.97. The number of phenols is 1. The van der Waals surface area contributed by atoms with Gasteiger partial charge in [-0.25, -0.2) is 8.42 Å². The predicted molar refractivity (Wildman–Crippen MR) is 107 cm³/mol. The fourth-order valence-corrected chi connectivity index (χ4v) is 4.94. The van der Waals surface area contributed by atoms with Crippen LogP contribution in [0.15, 0.2) is 35.2 Å². The second kappa shape index (κ2) is 8.16. The smallest absolute Gasteiger partial charge is 0.255 e. The lowest BCUT2D eigenvalue weighted by Crippen LogP contribution is -2.28. The summed E-state index contributed by atoms with van der Waals surface area (Å²) in [5.41, 5.74) is 0.288. The van der Waals surface area contributed by atoms with Crippen molar-refractivity contribution in [2.75, 3.05) is 25.5 Å². The van der Waals surface area contributed by atoms with Crippen LogP contribution in [0.3, 0.4) is 0 Å². The maximum absolute atomic E-state index is 12.8. The number of hydrogen-bond acceptors (Lipinski definition) is 5. The van der Waals surface area contributed by atoms with Crippen molar-refractivity contribution in [1.29, 1.82) is 0 Å². The summed E-state index contributed by atoms with van der Waals surface area (Å²) in [4.78, 5) is 12.7. The first-order valence-electron chi connectivity index (χ1n) is 8.41. The SMILES string of the molecule is COc1ccc(S(=O)(=O)N2CCCC2)cc1NC(=O)c1cc(Cl)c(O)c(Cl)c1. The Balaban J connectivity index is 1.94. The molecule has 10 heteroatoms. The van der Waals surface area contributed by atoms with Crippen LogP contribution in [0, 0.1) is 0 Å². The van der Waals surface area contributed by atoms with Gasteiger partial charge in [-0.3, -0.25) is 4.79 Å². The zero-order chi connectivity index (χ0) is 20.5. The maximum Gasteiger partial charge on any atom is 0.255 e. The third-order valence-corrected chi connectivity index (χ3v) is 6.87. The van der Waals surface area contributed by atoms with Crippen molar-refractivity contribution in [3.8, 4) is 11.5 Å². The van der Waals surface area contributed by atoms with Gasteiger partial charge in [-0.05, 0) is 43.2 Å². The average Bonchev–Trinajstić information content (AvgIpc) is 3.21. The average molecular weight is 445 g/mol. The largest absolute Gasteiger partial charge is 0.505 e. The molecule has 28 heavy (non-hydrogen) atoms. The molecule has 2 aromatic rings. The van der Waals surface area contributed by atoms with Crippen LogP contribution in [0.2, 0.25) is 10.0 Å². The van der Waals surface area contributed by atoms with Gasteiger partial charge in [0.2, 0.25) is 10.0 Å². The Labute approximate surface area is 172 Å². The summed E-state index contributed by atoms with van der Waals surface area (Å²) in [7, 11) is -2.24. The van der Waals surface area contributed by atoms with E-state index in [1.807, 2.05) is 0 Å². The summed E-state index contributed by atoms with van der Waals surface area (Å²) in [6.07, 6.45) is 1.64. The first-order valence-corrected chi connectivity index (χ1v) is 10.6. The summed E-state index contributed by atoms with van der Waals surface area (Å²) in [5.74, 6) is -0.612. The number of carbonyl (C=O) groups is 1. The molecule has 1 aliphatic rings. The van der Waals surface area contributed by atoms with E-state index in [9.17, 15) is 18.3 Å². The molecule has 0 bridgehead atoms. The van der Waals surface area contributed by atoms with Crippen LogP contribution in [0.5, 0.6) is 11.5 Å². The Bertz CT molecular complexity index is 998. The molecule has 7 nitrogen and oxygen atoms in total. The fourth-order valence-electron chi connectivity index (χ4n) is 2.91. The quantitative estimate of drug-likeness (QED) is 0.731. The van der Waals surface area contributed by atoms with E-state index in [4.69, 9.17) is 27.9 Å². The highest BCUT2D eigenvalue weighted by Crippen LogP contribution is 2.34. The number of carbonyl (C=O) groups excluding carboxylic acids is 1. The van der Waals surface area contributed by atoms with Gasteiger partial charge in [0.05, 0.1) is 27.7 Å². The van der Waals surface area contributed by atoms with E-state index >= 15 is 0 Å². The molecule has 3 rings (SSSR count). The van der Waals surface area contributed by atoms with Gasteiger partial charge in [0.15, 0.2) is 5.75 Å². The van der Waals surface area contributed by atoms with E-state index in [1.54, 1.807) is 0 Å². The van der Waals surface area contributed by atoms with E-state index < -0.39 is 15.9 Å². The molecule has 0 spiro atoms. The number of nitrogens with one attached hydrogen (secondary N) is 1. The standard InChI is InChI=1S/C18H18Cl2N2O5S/c1-27-16-5-4-12(28(25,26)22-6-2-3-7-22)10-15(16)21-18(24)11-8-13(19)17(23)14(20)9-11/h4-5,8-10,23H,2-3,6-7H2,1H3,(H,21,24). The lowest BCUT2D eigenvalue weighted by atomic mass is 10.2. The van der Waals surface area contributed by atoms with E-state index in [1.165, 1.54) is 41.7 Å². The number of aromatic hydroxyl groups is 1. The summed E-state index contributed by atoms with van der Waals surface area (Å²) >= 11 is 11.7. The molecule has 150 valence electrons. The number of ether oxygens (including phenoxy) is 1. The van der Waals surface area contributed by atoms with Gasteiger partial charge in [-0.15, -0.1) is 0 Å². The third kappa shape index (κ3) is 4.05. The Kier molecular flexibility index (Phi) is 6.04. The van der Waals surface area contributed by atoms with Crippen molar-refractivity contribution in [2.24, 2.45) is 0 Å². The summed E-state index contributed by atoms with van der Waals surface area (Å²) < 4.78 is 32.2. The molecule has 1 fully saturated rings. The zero-order valence-corrected chi connectivity index (χ0v) is 17.2. The Morgan fingerprint density at radius 1 is 1.14 bits per heavy atom. The minimum Gasteiger partial charge on any atom is -0.505 e. The van der Waals surface area contributed by atoms with Crippen molar-refractivity contribution in [1.82, 2.24) is 4.31 Å². The predicted octanol–water partition coefficient (Wildman–Crippen LogP) is 3.74. The molecule has 0 radical (unpaired) electrons. The van der Waals surface area contributed by atoms with Crippen molar-refractivity contribution >= 4 is 44.8 Å². The summed E-state index contributed by atoms with van der Waals surface area (Å²) in [5, 5.41) is 12.1. The molecule has 2 aromatic carbocycles. The number of halogens is 2. The van der Waals surface area contributed by atoms with Gasteiger partial charge < -0.3 is 15.2 Å². The van der Waals surface area contributed by atoms with E-state index in [0.29, 0.717) is 18.8 Å². The Morgan fingerprint density at radius 3 is 2.32 bits per heavy atom. The normalized spacial score (nSPS) is 14.8. The maximum atomic E-state index is 12.8. The van der Waals surface area contributed by atoms with Crippen LogP contribution < -0.4 is 10.1 Å². The summed E-state index contributed by atoms with van der Waals surface area (Å²) in [6.45, 7) is 0.946. The van der Waals surface area contributed by atoms with Crippen LogP contribution in [-0.4, -0.2) is 43.9 Å². The number of anilines is 1. The van der Waals surface area contributed by atoms with E-state index in [0.717, 1.165) is 12.8 Å². The second-order valence-electron chi connectivity index (χ2n) is 6.22. The minimum absolute atomic E-state index is 0.0623. The number of amides is 1. The molecule has 0 aliphatic carbocycles. The monoisotopic (exact) mass is 444 g/mol. The number of benzene rings is 2. The highest BCUT2D eigenvalue weighted by Gasteiger charge is 2.28. The highest BCUT2D eigenvalue weighted by molar-refractivity contribution is 7.89. The first-order chi connectivity index (χ1) is 13.2. The lowest BCUT2D eigenvalue weighted by Gasteiger charge is -2.17. The molecule has 0 atom stereocenters. The molecule has 0 aromatic heterocycles. The fraction of sp³-hybridized carbons (Fsp3) is 0.278. The molecule has 1 heterocycles. The van der Waals surface area contributed by atoms with Crippen molar-refractivity contribution in [3.05, 3.63) is 45.9 Å². The number of phenolic OH excluding ortho intramolecular Hbond substituents is 1. The third-order valence-electron chi connectivity index (χ3n) is 4.40. The zero-order valence-electron chi connectivity index (χ0n) is 14.9. The van der Waals surface area contributed by atoms with Crippen LogP contribution in [-0.2, 0) is 10.0 Å². The summed E-state index contributed by atoms with van der Waals surface area (Å²) in [6, 6.07) is 6.80. The van der Waals surface area contributed by atoms with Crippen LogP contribution in [0.25, 0.3) is 0 Å². The minimum atomic E-state index is -3.65.